The molecule has 1 aliphatic rings. The zero-order valence-electron chi connectivity index (χ0n) is 32.1. The number of rotatable bonds is 9. The van der Waals surface area contributed by atoms with Crippen molar-refractivity contribution >= 4 is 38.7 Å². The van der Waals surface area contributed by atoms with Gasteiger partial charge >= 0.3 is 0 Å². The molecule has 58 heavy (non-hydrogen) atoms. The van der Waals surface area contributed by atoms with Crippen molar-refractivity contribution in [2.45, 2.75) is 5.41 Å². The largest absolute Gasteiger partial charge is 0.310 e. The van der Waals surface area contributed by atoms with Crippen LogP contribution >= 0.6 is 0 Å². The summed E-state index contributed by atoms with van der Waals surface area (Å²) in [5, 5.41) is 3.49. The Morgan fingerprint density at radius 1 is 0.483 bits per heavy atom. The Kier molecular flexibility index (Phi) is 8.73. The third-order valence-corrected chi connectivity index (χ3v) is 11.6. The number of benzene rings is 8. The van der Waals surface area contributed by atoms with Crippen LogP contribution in [0.15, 0.2) is 237 Å². The summed E-state index contributed by atoms with van der Waals surface area (Å²) < 4.78 is 0. The van der Waals surface area contributed by atoms with Gasteiger partial charge < -0.3 is 4.90 Å². The Morgan fingerprint density at radius 3 is 1.95 bits per heavy atom. The van der Waals surface area contributed by atoms with E-state index in [1.54, 1.807) is 0 Å². The number of nitrogens with zero attached hydrogens (tertiary/aromatic N) is 2. The van der Waals surface area contributed by atoms with Crippen molar-refractivity contribution in [2.24, 2.45) is 0 Å². The van der Waals surface area contributed by atoms with Crippen LogP contribution < -0.4 is 4.90 Å². The van der Waals surface area contributed by atoms with E-state index in [2.05, 4.69) is 218 Å². The second-order valence-electron chi connectivity index (χ2n) is 14.9. The number of allylic oxidation sites excluding steroid dienone is 4. The van der Waals surface area contributed by atoms with Crippen molar-refractivity contribution in [3.8, 4) is 33.5 Å². The normalized spacial score (nSPS) is 14.3. The predicted octanol–water partition coefficient (Wildman–Crippen LogP) is 14.8. The lowest BCUT2D eigenvalue weighted by molar-refractivity contribution is 0.770. The number of fused-ring (bicyclic) bond motifs is 5. The lowest BCUT2D eigenvalue weighted by Crippen LogP contribution is -2.28. The van der Waals surface area contributed by atoms with Gasteiger partial charge in [-0.2, -0.15) is 0 Å². The van der Waals surface area contributed by atoms with Crippen molar-refractivity contribution in [1.82, 2.24) is 4.98 Å². The molecule has 0 fully saturated rings. The molecular weight excluding hydrogens is 701 g/mol. The molecule has 1 atom stereocenters. The molecule has 2 heteroatoms. The van der Waals surface area contributed by atoms with Crippen molar-refractivity contribution in [2.75, 3.05) is 4.90 Å². The Hall–Kier alpha value is -7.55. The van der Waals surface area contributed by atoms with E-state index in [1.807, 2.05) is 12.2 Å². The molecule has 0 bridgehead atoms. The predicted molar refractivity (Wildman–Crippen MR) is 245 cm³/mol. The van der Waals surface area contributed by atoms with Crippen LogP contribution in [0.25, 0.3) is 55.2 Å². The van der Waals surface area contributed by atoms with Crippen LogP contribution in [0, 0.1) is 0 Å². The Balaban J connectivity index is 1.22. The molecule has 1 unspecified atom stereocenters. The highest BCUT2D eigenvalue weighted by Crippen LogP contribution is 2.57. The average molecular weight is 741 g/mol. The minimum atomic E-state index is -0.626. The van der Waals surface area contributed by atoms with Crippen LogP contribution in [0.4, 0.5) is 17.1 Å². The second-order valence-corrected chi connectivity index (χ2v) is 14.9. The van der Waals surface area contributed by atoms with Gasteiger partial charge in [-0.05, 0) is 98.3 Å². The zero-order chi connectivity index (χ0) is 39.1. The minimum Gasteiger partial charge on any atom is -0.310 e. The molecule has 0 radical (unpaired) electrons. The first-order valence-electron chi connectivity index (χ1n) is 19.8. The first-order chi connectivity index (χ1) is 28.6. The van der Waals surface area contributed by atoms with Crippen LogP contribution in [-0.2, 0) is 5.41 Å². The second kappa shape index (κ2) is 14.5. The van der Waals surface area contributed by atoms with E-state index in [9.17, 15) is 0 Å². The zero-order valence-corrected chi connectivity index (χ0v) is 32.1. The number of hydrogen-bond donors (Lipinski definition) is 0. The van der Waals surface area contributed by atoms with E-state index < -0.39 is 5.41 Å². The van der Waals surface area contributed by atoms with Crippen LogP contribution in [0.5, 0.6) is 0 Å². The van der Waals surface area contributed by atoms with Gasteiger partial charge in [0.15, 0.2) is 0 Å². The molecule has 1 aliphatic carbocycles. The highest BCUT2D eigenvalue weighted by molar-refractivity contribution is 5.95. The number of aromatic nitrogens is 1. The molecule has 0 amide bonds. The molecule has 1 aromatic heterocycles. The Labute approximate surface area is 340 Å². The maximum atomic E-state index is 5.33. The van der Waals surface area contributed by atoms with Gasteiger partial charge in [-0.1, -0.05) is 183 Å². The van der Waals surface area contributed by atoms with Gasteiger partial charge in [0.2, 0.25) is 0 Å². The lowest BCUT2D eigenvalue weighted by atomic mass is 9.67. The first-order valence-corrected chi connectivity index (χ1v) is 19.8. The number of para-hydroxylation sites is 1. The number of pyridine rings is 1. The highest BCUT2D eigenvalue weighted by Gasteiger charge is 2.46. The fourth-order valence-corrected chi connectivity index (χ4v) is 8.98. The summed E-state index contributed by atoms with van der Waals surface area (Å²) in [5.41, 5.74) is 14.7. The standard InChI is InChI=1S/C56H40N2/c1-3-4-18-39(2)56(45-25-9-6-10-26-45)52-29-15-14-28-49(52)50-34-33-48(38-53(50)56)58(47-32-31-40-19-11-12-22-42(40)35-47)46-27-17-24-44(36-46)55-51(41-20-7-5-8-21-41)37-43-23-13-16-30-54(43)57-55/h3-38H,1-2H2/b18-4-. The molecule has 274 valence electrons. The molecule has 1 heterocycles. The van der Waals surface area contributed by atoms with E-state index >= 15 is 0 Å². The number of anilines is 3. The van der Waals surface area contributed by atoms with Gasteiger partial charge in [0.25, 0.3) is 0 Å². The quantitative estimate of drug-likeness (QED) is 0.137. The van der Waals surface area contributed by atoms with Crippen molar-refractivity contribution in [1.29, 1.82) is 0 Å². The highest BCUT2D eigenvalue weighted by atomic mass is 15.1. The molecule has 2 nitrogen and oxygen atoms in total. The molecular formula is C56H40N2. The van der Waals surface area contributed by atoms with Crippen LogP contribution in [0.1, 0.15) is 16.7 Å². The summed E-state index contributed by atoms with van der Waals surface area (Å²) in [6.45, 7) is 8.79. The topological polar surface area (TPSA) is 16.1 Å². The first kappa shape index (κ1) is 34.9. The summed E-state index contributed by atoms with van der Waals surface area (Å²) >= 11 is 0. The third-order valence-electron chi connectivity index (χ3n) is 11.6. The molecule has 0 saturated carbocycles. The number of hydrogen-bond acceptors (Lipinski definition) is 2. The van der Waals surface area contributed by atoms with E-state index in [1.165, 1.54) is 38.6 Å². The Morgan fingerprint density at radius 2 is 1.12 bits per heavy atom. The SMILES string of the molecule is C=C/C=C\C(=C)C1(c2ccccc2)c2ccccc2-c2ccc(N(c3cccc(-c4nc5ccccc5cc4-c4ccccc4)c3)c3ccc4ccccc4c3)cc21. The summed E-state index contributed by atoms with van der Waals surface area (Å²) in [5.74, 6) is 0. The summed E-state index contributed by atoms with van der Waals surface area (Å²) in [7, 11) is 0. The van der Waals surface area contributed by atoms with Crippen LogP contribution in [-0.4, -0.2) is 4.98 Å². The van der Waals surface area contributed by atoms with Crippen LogP contribution in [0.2, 0.25) is 0 Å². The molecule has 0 aliphatic heterocycles. The summed E-state index contributed by atoms with van der Waals surface area (Å²) in [6.07, 6.45) is 5.93. The monoisotopic (exact) mass is 740 g/mol. The fourth-order valence-electron chi connectivity index (χ4n) is 8.98. The average Bonchev–Trinajstić information content (AvgIpc) is 3.59. The fraction of sp³-hybridized carbons (Fsp3) is 0.0179. The Bertz CT molecular complexity index is 3050. The van der Waals surface area contributed by atoms with Gasteiger partial charge in [0.1, 0.15) is 0 Å². The molecule has 0 spiro atoms. The lowest BCUT2D eigenvalue weighted by Gasteiger charge is -2.35. The molecule has 0 N–H and O–H groups in total. The molecule has 0 saturated heterocycles. The van der Waals surface area contributed by atoms with Gasteiger partial charge in [-0.25, -0.2) is 4.98 Å². The molecule has 9 aromatic rings. The summed E-state index contributed by atoms with van der Waals surface area (Å²) in [4.78, 5) is 7.72. The van der Waals surface area contributed by atoms with Gasteiger partial charge in [-0.3, -0.25) is 0 Å². The maximum Gasteiger partial charge on any atom is 0.0788 e. The van der Waals surface area contributed by atoms with E-state index in [0.717, 1.165) is 55.9 Å². The third kappa shape index (κ3) is 5.77. The molecule has 8 aromatic carbocycles. The van der Waals surface area contributed by atoms with Gasteiger partial charge in [0.05, 0.1) is 16.6 Å². The molecule has 10 rings (SSSR count). The van der Waals surface area contributed by atoms with E-state index in [0.29, 0.717) is 0 Å². The van der Waals surface area contributed by atoms with Crippen molar-refractivity contribution in [3.63, 3.8) is 0 Å². The van der Waals surface area contributed by atoms with Crippen molar-refractivity contribution < 1.29 is 0 Å². The van der Waals surface area contributed by atoms with E-state index in [4.69, 9.17) is 11.6 Å². The summed E-state index contributed by atoms with van der Waals surface area (Å²) in [6, 6.07) is 71.9. The van der Waals surface area contributed by atoms with Gasteiger partial charge in [-0.15, -0.1) is 0 Å². The maximum absolute atomic E-state index is 5.33. The van der Waals surface area contributed by atoms with Gasteiger partial charge in [0, 0.05) is 33.6 Å². The minimum absolute atomic E-state index is 0.626. The smallest absolute Gasteiger partial charge is 0.0788 e. The van der Waals surface area contributed by atoms with Crippen LogP contribution in [0.3, 0.4) is 0 Å². The van der Waals surface area contributed by atoms with Crippen molar-refractivity contribution in [3.05, 3.63) is 254 Å². The van der Waals surface area contributed by atoms with E-state index in [-0.39, 0.29) is 0 Å².